The number of benzene rings is 1. The molecular weight excluding hydrogens is 268 g/mol. The maximum absolute atomic E-state index is 11.8. The fourth-order valence-electron chi connectivity index (χ4n) is 3.42. The lowest BCUT2D eigenvalue weighted by atomic mass is 9.74. The molecule has 2 N–H and O–H groups in total. The van der Waals surface area contributed by atoms with E-state index in [2.05, 4.69) is 0 Å². The first-order valence-corrected chi connectivity index (χ1v) is 7.62. The van der Waals surface area contributed by atoms with E-state index in [-0.39, 0.29) is 5.92 Å². The number of carboxylic acids is 2. The molecule has 3 atom stereocenters. The minimum Gasteiger partial charge on any atom is -0.481 e. The van der Waals surface area contributed by atoms with Gasteiger partial charge in [0, 0.05) is 0 Å². The van der Waals surface area contributed by atoms with Crippen LogP contribution in [0.3, 0.4) is 0 Å². The summed E-state index contributed by atoms with van der Waals surface area (Å²) in [6.07, 6.45) is 4.97. The van der Waals surface area contributed by atoms with E-state index >= 15 is 0 Å². The van der Waals surface area contributed by atoms with E-state index < -0.39 is 23.8 Å². The normalized spacial score (nSPS) is 27.1. The number of rotatable bonds is 3. The molecule has 0 bridgehead atoms. The van der Waals surface area contributed by atoms with Crippen LogP contribution in [0, 0.1) is 11.8 Å². The van der Waals surface area contributed by atoms with Gasteiger partial charge in [0.25, 0.3) is 0 Å². The van der Waals surface area contributed by atoms with Gasteiger partial charge in [-0.15, -0.1) is 0 Å². The van der Waals surface area contributed by atoms with Crippen molar-refractivity contribution < 1.29 is 19.8 Å². The molecule has 114 valence electrons. The average molecular weight is 290 g/mol. The molecule has 4 heteroatoms. The van der Waals surface area contributed by atoms with Gasteiger partial charge >= 0.3 is 11.9 Å². The molecule has 0 saturated heterocycles. The number of hydrogen-bond donors (Lipinski definition) is 2. The summed E-state index contributed by atoms with van der Waals surface area (Å²) in [4.78, 5) is 23.3. The van der Waals surface area contributed by atoms with Crippen molar-refractivity contribution in [3.63, 3.8) is 0 Å². The SMILES string of the molecule is O=C(O)C1CCCCCCC(c2ccccc2)C1C(=O)O. The van der Waals surface area contributed by atoms with E-state index in [0.29, 0.717) is 6.42 Å². The Morgan fingerprint density at radius 3 is 2.05 bits per heavy atom. The van der Waals surface area contributed by atoms with Crippen molar-refractivity contribution in [3.8, 4) is 0 Å². The Bertz CT molecular complexity index is 483. The summed E-state index contributed by atoms with van der Waals surface area (Å²) in [6, 6.07) is 9.49. The molecule has 0 heterocycles. The highest BCUT2D eigenvalue weighted by atomic mass is 16.4. The summed E-state index contributed by atoms with van der Waals surface area (Å²) >= 11 is 0. The van der Waals surface area contributed by atoms with Crippen LogP contribution in [0.4, 0.5) is 0 Å². The fourth-order valence-corrected chi connectivity index (χ4v) is 3.42. The summed E-state index contributed by atoms with van der Waals surface area (Å²) in [7, 11) is 0. The standard InChI is InChI=1S/C17H22O4/c18-16(19)14-11-7-2-1-6-10-13(15(14)17(20)21)12-8-4-3-5-9-12/h3-5,8-9,13-15H,1-2,6-7,10-11H2,(H,18,19)(H,20,21). The van der Waals surface area contributed by atoms with E-state index in [4.69, 9.17) is 0 Å². The maximum atomic E-state index is 11.8. The van der Waals surface area contributed by atoms with Crippen molar-refractivity contribution in [2.24, 2.45) is 11.8 Å². The molecule has 2 rings (SSSR count). The van der Waals surface area contributed by atoms with Crippen LogP contribution in [-0.2, 0) is 9.59 Å². The van der Waals surface area contributed by atoms with Crippen LogP contribution in [0.5, 0.6) is 0 Å². The van der Waals surface area contributed by atoms with E-state index in [0.717, 1.165) is 37.7 Å². The maximum Gasteiger partial charge on any atom is 0.307 e. The van der Waals surface area contributed by atoms with Crippen molar-refractivity contribution in [1.82, 2.24) is 0 Å². The van der Waals surface area contributed by atoms with E-state index in [1.54, 1.807) is 0 Å². The second kappa shape index (κ2) is 7.25. The van der Waals surface area contributed by atoms with Crippen molar-refractivity contribution in [2.45, 2.75) is 44.4 Å². The summed E-state index contributed by atoms with van der Waals surface area (Å²) in [6.45, 7) is 0. The number of carboxylic acid groups (broad SMARTS) is 2. The summed E-state index contributed by atoms with van der Waals surface area (Å²) in [5.74, 6) is -3.83. The van der Waals surface area contributed by atoms with Crippen LogP contribution in [0.15, 0.2) is 30.3 Å². The molecule has 0 radical (unpaired) electrons. The highest BCUT2D eigenvalue weighted by Gasteiger charge is 2.40. The molecule has 0 amide bonds. The monoisotopic (exact) mass is 290 g/mol. The Balaban J connectivity index is 2.39. The van der Waals surface area contributed by atoms with Crippen molar-refractivity contribution >= 4 is 11.9 Å². The van der Waals surface area contributed by atoms with Gasteiger partial charge in [0.1, 0.15) is 0 Å². The van der Waals surface area contributed by atoms with E-state index in [1.807, 2.05) is 30.3 Å². The van der Waals surface area contributed by atoms with Crippen LogP contribution in [-0.4, -0.2) is 22.2 Å². The van der Waals surface area contributed by atoms with Gasteiger partial charge in [0.15, 0.2) is 0 Å². The largest absolute Gasteiger partial charge is 0.481 e. The number of aliphatic carboxylic acids is 2. The zero-order chi connectivity index (χ0) is 15.2. The molecule has 1 saturated carbocycles. The summed E-state index contributed by atoms with van der Waals surface area (Å²) in [5, 5.41) is 19.1. The first kappa shape index (κ1) is 15.5. The van der Waals surface area contributed by atoms with Gasteiger partial charge in [-0.3, -0.25) is 9.59 Å². The van der Waals surface area contributed by atoms with Crippen molar-refractivity contribution in [3.05, 3.63) is 35.9 Å². The highest BCUT2D eigenvalue weighted by Crippen LogP contribution is 2.38. The lowest BCUT2D eigenvalue weighted by molar-refractivity contribution is -0.155. The third-order valence-electron chi connectivity index (χ3n) is 4.48. The van der Waals surface area contributed by atoms with Crippen LogP contribution in [0.1, 0.15) is 50.0 Å². The fraction of sp³-hybridized carbons (Fsp3) is 0.529. The number of carbonyl (C=O) groups is 2. The van der Waals surface area contributed by atoms with Gasteiger partial charge < -0.3 is 10.2 Å². The van der Waals surface area contributed by atoms with Crippen molar-refractivity contribution in [1.29, 1.82) is 0 Å². The summed E-state index contributed by atoms with van der Waals surface area (Å²) < 4.78 is 0. The predicted molar refractivity (Wildman–Crippen MR) is 79.1 cm³/mol. The average Bonchev–Trinajstić information content (AvgIpc) is 2.57. The lowest BCUT2D eigenvalue weighted by Crippen LogP contribution is -2.34. The molecule has 1 aliphatic carbocycles. The molecule has 21 heavy (non-hydrogen) atoms. The molecule has 1 fully saturated rings. The highest BCUT2D eigenvalue weighted by molar-refractivity contribution is 5.81. The number of hydrogen-bond acceptors (Lipinski definition) is 2. The Morgan fingerprint density at radius 2 is 1.48 bits per heavy atom. The molecule has 1 aliphatic rings. The van der Waals surface area contributed by atoms with Crippen LogP contribution >= 0.6 is 0 Å². The van der Waals surface area contributed by atoms with Crippen LogP contribution in [0.2, 0.25) is 0 Å². The molecule has 4 nitrogen and oxygen atoms in total. The van der Waals surface area contributed by atoms with Gasteiger partial charge in [-0.2, -0.15) is 0 Å². The minimum atomic E-state index is -0.988. The Labute approximate surface area is 124 Å². The second-order valence-corrected chi connectivity index (χ2v) is 5.82. The van der Waals surface area contributed by atoms with Crippen LogP contribution < -0.4 is 0 Å². The quantitative estimate of drug-likeness (QED) is 0.893. The van der Waals surface area contributed by atoms with E-state index in [9.17, 15) is 19.8 Å². The van der Waals surface area contributed by atoms with Gasteiger partial charge in [-0.05, 0) is 24.3 Å². The second-order valence-electron chi connectivity index (χ2n) is 5.82. The molecule has 1 aromatic rings. The third-order valence-corrected chi connectivity index (χ3v) is 4.48. The van der Waals surface area contributed by atoms with E-state index in [1.165, 1.54) is 0 Å². The van der Waals surface area contributed by atoms with Gasteiger partial charge in [-0.1, -0.05) is 56.0 Å². The Morgan fingerprint density at radius 1 is 0.857 bits per heavy atom. The Kier molecular flexibility index (Phi) is 5.37. The van der Waals surface area contributed by atoms with Gasteiger partial charge in [0.2, 0.25) is 0 Å². The molecule has 0 aliphatic heterocycles. The zero-order valence-electron chi connectivity index (χ0n) is 12.1. The van der Waals surface area contributed by atoms with Gasteiger partial charge in [0.05, 0.1) is 11.8 Å². The Hall–Kier alpha value is -1.84. The lowest BCUT2D eigenvalue weighted by Gasteiger charge is -2.28. The molecule has 0 spiro atoms. The minimum absolute atomic E-state index is 0.220. The summed E-state index contributed by atoms with van der Waals surface area (Å²) in [5.41, 5.74) is 0.943. The topological polar surface area (TPSA) is 74.6 Å². The smallest absolute Gasteiger partial charge is 0.307 e. The zero-order valence-corrected chi connectivity index (χ0v) is 12.1. The van der Waals surface area contributed by atoms with Crippen LogP contribution in [0.25, 0.3) is 0 Å². The van der Waals surface area contributed by atoms with Gasteiger partial charge in [-0.25, -0.2) is 0 Å². The third kappa shape index (κ3) is 3.84. The molecular formula is C17H22O4. The molecule has 0 aromatic heterocycles. The first-order valence-electron chi connectivity index (χ1n) is 7.62. The predicted octanol–water partition coefficient (Wildman–Crippen LogP) is 3.53. The molecule has 3 unspecified atom stereocenters. The molecule has 1 aromatic carbocycles. The first-order chi connectivity index (χ1) is 10.1. The van der Waals surface area contributed by atoms with Crippen molar-refractivity contribution in [2.75, 3.05) is 0 Å².